The summed E-state index contributed by atoms with van der Waals surface area (Å²) < 4.78 is 16.4. The van der Waals surface area contributed by atoms with Crippen molar-refractivity contribution in [2.75, 3.05) is 32.2 Å². The SMILES string of the molecule is COc1ccc(C2=NC3(CCCCC3)N(CC(=O)Nc3ccc4c(c3)OCCO4)C2=O)cc1. The summed E-state index contributed by atoms with van der Waals surface area (Å²) in [6.07, 6.45) is 4.59. The highest BCUT2D eigenvalue weighted by Gasteiger charge is 2.48. The highest BCUT2D eigenvalue weighted by molar-refractivity contribution is 6.47. The van der Waals surface area contributed by atoms with Gasteiger partial charge in [-0.1, -0.05) is 6.42 Å². The number of hydrogen-bond acceptors (Lipinski definition) is 6. The molecule has 8 heteroatoms. The molecule has 2 heterocycles. The Morgan fingerprint density at radius 3 is 2.52 bits per heavy atom. The van der Waals surface area contributed by atoms with E-state index < -0.39 is 5.66 Å². The van der Waals surface area contributed by atoms with Crippen LogP contribution in [0.5, 0.6) is 17.2 Å². The molecule has 0 saturated heterocycles. The van der Waals surface area contributed by atoms with Gasteiger partial charge in [0, 0.05) is 17.3 Å². The number of aliphatic imine (C=N–C) groups is 1. The van der Waals surface area contributed by atoms with Gasteiger partial charge in [0.2, 0.25) is 5.91 Å². The van der Waals surface area contributed by atoms with Gasteiger partial charge in [-0.2, -0.15) is 0 Å². The lowest BCUT2D eigenvalue weighted by molar-refractivity contribution is -0.134. The monoisotopic (exact) mass is 449 g/mol. The zero-order valence-electron chi connectivity index (χ0n) is 18.6. The summed E-state index contributed by atoms with van der Waals surface area (Å²) in [5, 5.41) is 2.90. The topological polar surface area (TPSA) is 89.5 Å². The first-order chi connectivity index (χ1) is 16.1. The average Bonchev–Trinajstić information content (AvgIpc) is 3.10. The number of amides is 2. The van der Waals surface area contributed by atoms with Crippen LogP contribution in [0.4, 0.5) is 5.69 Å². The van der Waals surface area contributed by atoms with E-state index in [1.165, 1.54) is 0 Å². The number of hydrogen-bond donors (Lipinski definition) is 1. The molecular weight excluding hydrogens is 422 g/mol. The van der Waals surface area contributed by atoms with Gasteiger partial charge in [-0.3, -0.25) is 14.6 Å². The minimum atomic E-state index is -0.658. The van der Waals surface area contributed by atoms with Gasteiger partial charge in [-0.05, 0) is 62.1 Å². The molecule has 1 saturated carbocycles. The minimum absolute atomic E-state index is 0.0591. The number of nitrogens with one attached hydrogen (secondary N) is 1. The third-order valence-electron chi connectivity index (χ3n) is 6.42. The molecular formula is C25H27N3O5. The van der Waals surface area contributed by atoms with Crippen LogP contribution in [-0.4, -0.2) is 55.0 Å². The second-order valence-corrected chi connectivity index (χ2v) is 8.53. The van der Waals surface area contributed by atoms with Crippen molar-refractivity contribution in [1.82, 2.24) is 4.90 Å². The fourth-order valence-corrected chi connectivity index (χ4v) is 4.75. The maximum atomic E-state index is 13.5. The number of nitrogens with zero attached hydrogens (tertiary/aromatic N) is 2. The summed E-state index contributed by atoms with van der Waals surface area (Å²) >= 11 is 0. The Labute approximate surface area is 192 Å². The van der Waals surface area contributed by atoms with Crippen molar-refractivity contribution in [3.63, 3.8) is 0 Å². The number of ether oxygens (including phenoxy) is 3. The lowest BCUT2D eigenvalue weighted by atomic mass is 9.88. The van der Waals surface area contributed by atoms with Crippen LogP contribution in [0.3, 0.4) is 0 Å². The highest BCUT2D eigenvalue weighted by atomic mass is 16.6. The molecule has 2 aromatic carbocycles. The van der Waals surface area contributed by atoms with Crippen molar-refractivity contribution in [1.29, 1.82) is 0 Å². The Hall–Kier alpha value is -3.55. The van der Waals surface area contributed by atoms with Crippen LogP contribution in [0.25, 0.3) is 0 Å². The van der Waals surface area contributed by atoms with E-state index in [0.29, 0.717) is 41.9 Å². The molecule has 8 nitrogen and oxygen atoms in total. The standard InChI is InChI=1S/C25H27N3O5/c1-31-19-8-5-17(6-9-19)23-24(30)28(25(27-23)11-3-2-4-12-25)16-22(29)26-18-7-10-20-21(15-18)33-14-13-32-20/h5-10,15H,2-4,11-14,16H2,1H3,(H,26,29). The number of benzene rings is 2. The summed E-state index contributed by atoms with van der Waals surface area (Å²) in [6.45, 7) is 0.922. The second kappa shape index (κ2) is 8.77. The normalized spacial score (nSPS) is 18.8. The molecule has 1 spiro atoms. The largest absolute Gasteiger partial charge is 0.497 e. The van der Waals surface area contributed by atoms with Crippen LogP contribution >= 0.6 is 0 Å². The van der Waals surface area contributed by atoms with E-state index in [0.717, 1.165) is 37.7 Å². The molecule has 33 heavy (non-hydrogen) atoms. The van der Waals surface area contributed by atoms with Gasteiger partial charge in [0.25, 0.3) is 5.91 Å². The number of fused-ring (bicyclic) bond motifs is 1. The Morgan fingerprint density at radius 2 is 1.79 bits per heavy atom. The summed E-state index contributed by atoms with van der Waals surface area (Å²) in [5.41, 5.74) is 1.09. The van der Waals surface area contributed by atoms with Crippen molar-refractivity contribution in [3.8, 4) is 17.2 Å². The lowest BCUT2D eigenvalue weighted by Crippen LogP contribution is -2.51. The van der Waals surface area contributed by atoms with E-state index in [4.69, 9.17) is 19.2 Å². The van der Waals surface area contributed by atoms with E-state index >= 15 is 0 Å². The molecule has 5 rings (SSSR count). The molecule has 1 fully saturated rings. The zero-order valence-corrected chi connectivity index (χ0v) is 18.6. The van der Waals surface area contributed by atoms with Gasteiger partial charge in [-0.25, -0.2) is 0 Å². The molecule has 3 aliphatic rings. The maximum Gasteiger partial charge on any atom is 0.275 e. The van der Waals surface area contributed by atoms with Crippen molar-refractivity contribution in [3.05, 3.63) is 48.0 Å². The maximum absolute atomic E-state index is 13.5. The molecule has 0 aromatic heterocycles. The summed E-state index contributed by atoms with van der Waals surface area (Å²) in [7, 11) is 1.60. The quantitative estimate of drug-likeness (QED) is 0.756. The van der Waals surface area contributed by atoms with Crippen molar-refractivity contribution in [2.45, 2.75) is 37.8 Å². The van der Waals surface area contributed by atoms with Crippen LogP contribution in [0.1, 0.15) is 37.7 Å². The number of anilines is 1. The van der Waals surface area contributed by atoms with E-state index in [1.54, 1.807) is 30.2 Å². The first-order valence-electron chi connectivity index (χ1n) is 11.3. The van der Waals surface area contributed by atoms with Crippen LogP contribution < -0.4 is 19.5 Å². The molecule has 2 amide bonds. The van der Waals surface area contributed by atoms with Gasteiger partial charge in [-0.15, -0.1) is 0 Å². The van der Waals surface area contributed by atoms with E-state index in [-0.39, 0.29) is 18.4 Å². The molecule has 0 unspecified atom stereocenters. The van der Waals surface area contributed by atoms with Gasteiger partial charge < -0.3 is 24.4 Å². The highest BCUT2D eigenvalue weighted by Crippen LogP contribution is 2.40. The van der Waals surface area contributed by atoms with Crippen molar-refractivity contribution in [2.24, 2.45) is 4.99 Å². The van der Waals surface area contributed by atoms with Crippen molar-refractivity contribution >= 4 is 23.2 Å². The first-order valence-corrected chi connectivity index (χ1v) is 11.3. The van der Waals surface area contributed by atoms with Crippen molar-refractivity contribution < 1.29 is 23.8 Å². The van der Waals surface area contributed by atoms with E-state index in [9.17, 15) is 9.59 Å². The number of carbonyl (C=O) groups excluding carboxylic acids is 2. The Morgan fingerprint density at radius 1 is 1.06 bits per heavy atom. The van der Waals surface area contributed by atoms with Gasteiger partial charge in [0.1, 0.15) is 36.9 Å². The molecule has 2 aromatic rings. The van der Waals surface area contributed by atoms with E-state index in [1.807, 2.05) is 24.3 Å². The van der Waals surface area contributed by atoms with Crippen LogP contribution in [0.2, 0.25) is 0 Å². The van der Waals surface area contributed by atoms with Crippen LogP contribution in [-0.2, 0) is 9.59 Å². The molecule has 0 bridgehead atoms. The van der Waals surface area contributed by atoms with Crippen LogP contribution in [0, 0.1) is 0 Å². The molecule has 1 N–H and O–H groups in total. The molecule has 0 atom stereocenters. The zero-order chi connectivity index (χ0) is 22.8. The average molecular weight is 450 g/mol. The van der Waals surface area contributed by atoms with Gasteiger partial charge in [0.05, 0.1) is 7.11 Å². The molecule has 172 valence electrons. The summed E-state index contributed by atoms with van der Waals surface area (Å²) in [5.74, 6) is 1.50. The van der Waals surface area contributed by atoms with E-state index in [2.05, 4.69) is 5.32 Å². The first kappa shape index (κ1) is 21.3. The number of methoxy groups -OCH3 is 1. The summed E-state index contributed by atoms with van der Waals surface area (Å²) in [4.78, 5) is 33.0. The number of carbonyl (C=O) groups is 2. The third-order valence-corrected chi connectivity index (χ3v) is 6.42. The molecule has 2 aliphatic heterocycles. The van der Waals surface area contributed by atoms with Gasteiger partial charge >= 0.3 is 0 Å². The second-order valence-electron chi connectivity index (χ2n) is 8.53. The minimum Gasteiger partial charge on any atom is -0.497 e. The smallest absolute Gasteiger partial charge is 0.275 e. The predicted octanol–water partition coefficient (Wildman–Crippen LogP) is 3.40. The van der Waals surface area contributed by atoms with Crippen LogP contribution in [0.15, 0.2) is 47.5 Å². The lowest BCUT2D eigenvalue weighted by Gasteiger charge is -2.38. The Bertz CT molecular complexity index is 1090. The third kappa shape index (κ3) is 4.13. The molecule has 0 radical (unpaired) electrons. The fraction of sp³-hybridized carbons (Fsp3) is 0.400. The fourth-order valence-electron chi connectivity index (χ4n) is 4.75. The predicted molar refractivity (Wildman–Crippen MR) is 123 cm³/mol. The Balaban J connectivity index is 1.36. The molecule has 1 aliphatic carbocycles. The Kier molecular flexibility index (Phi) is 5.66. The van der Waals surface area contributed by atoms with Gasteiger partial charge in [0.15, 0.2) is 11.5 Å². The summed E-state index contributed by atoms with van der Waals surface area (Å²) in [6, 6.07) is 12.6. The number of rotatable bonds is 5.